The Kier molecular flexibility index (Phi) is 2.94. The van der Waals surface area contributed by atoms with Crippen molar-refractivity contribution in [3.8, 4) is 17.1 Å². The van der Waals surface area contributed by atoms with E-state index < -0.39 is 0 Å². The van der Waals surface area contributed by atoms with Crippen LogP contribution in [0.5, 0.6) is 0 Å². The first kappa shape index (κ1) is 11.2. The highest BCUT2D eigenvalue weighted by Gasteiger charge is 2.10. The van der Waals surface area contributed by atoms with Gasteiger partial charge in [0.25, 0.3) is 0 Å². The molecule has 3 nitrogen and oxygen atoms in total. The summed E-state index contributed by atoms with van der Waals surface area (Å²) in [5, 5.41) is 4.56. The SMILES string of the molecule is Brc1cn(-c2ccccc2)nc1-c1ccccn1. The molecule has 0 N–H and O–H groups in total. The van der Waals surface area contributed by atoms with Crippen molar-refractivity contribution in [3.05, 3.63) is 65.4 Å². The van der Waals surface area contributed by atoms with Crippen molar-refractivity contribution in [2.24, 2.45) is 0 Å². The van der Waals surface area contributed by atoms with Gasteiger partial charge in [-0.25, -0.2) is 4.68 Å². The van der Waals surface area contributed by atoms with E-state index in [1.54, 1.807) is 6.20 Å². The number of hydrogen-bond acceptors (Lipinski definition) is 2. The Labute approximate surface area is 113 Å². The maximum Gasteiger partial charge on any atom is 0.125 e. The highest BCUT2D eigenvalue weighted by atomic mass is 79.9. The van der Waals surface area contributed by atoms with Crippen molar-refractivity contribution >= 4 is 15.9 Å². The maximum absolute atomic E-state index is 4.56. The van der Waals surface area contributed by atoms with Crippen molar-refractivity contribution < 1.29 is 0 Å². The zero-order valence-electron chi connectivity index (χ0n) is 9.49. The third-order valence-corrected chi connectivity index (χ3v) is 3.18. The molecular weight excluding hydrogens is 290 g/mol. The van der Waals surface area contributed by atoms with E-state index in [-0.39, 0.29) is 0 Å². The predicted octanol–water partition coefficient (Wildman–Crippen LogP) is 3.70. The quantitative estimate of drug-likeness (QED) is 0.722. The summed E-state index contributed by atoms with van der Waals surface area (Å²) in [4.78, 5) is 4.31. The summed E-state index contributed by atoms with van der Waals surface area (Å²) in [6, 6.07) is 15.8. The molecule has 0 amide bonds. The number of benzene rings is 1. The van der Waals surface area contributed by atoms with Gasteiger partial charge < -0.3 is 0 Å². The minimum Gasteiger partial charge on any atom is -0.255 e. The van der Waals surface area contributed by atoms with E-state index in [2.05, 4.69) is 26.0 Å². The number of aromatic nitrogens is 3. The second-order valence-corrected chi connectivity index (χ2v) is 4.68. The van der Waals surface area contributed by atoms with Gasteiger partial charge in [-0.05, 0) is 40.2 Å². The number of para-hydroxylation sites is 1. The Morgan fingerprint density at radius 2 is 1.72 bits per heavy atom. The topological polar surface area (TPSA) is 30.7 Å². The molecule has 18 heavy (non-hydrogen) atoms. The molecule has 3 rings (SSSR count). The standard InChI is InChI=1S/C14H10BrN3/c15-12-10-18(11-6-2-1-3-7-11)17-14(12)13-8-4-5-9-16-13/h1-10H. The number of rotatable bonds is 2. The minimum absolute atomic E-state index is 0.847. The molecule has 2 heterocycles. The molecule has 0 radical (unpaired) electrons. The van der Waals surface area contributed by atoms with Crippen LogP contribution in [0.25, 0.3) is 17.1 Å². The van der Waals surface area contributed by atoms with Crippen molar-refractivity contribution in [3.63, 3.8) is 0 Å². The third kappa shape index (κ3) is 2.07. The van der Waals surface area contributed by atoms with Crippen molar-refractivity contribution in [1.29, 1.82) is 0 Å². The summed E-state index contributed by atoms with van der Waals surface area (Å²) in [6.45, 7) is 0. The van der Waals surface area contributed by atoms with Gasteiger partial charge in [0.2, 0.25) is 0 Å². The van der Waals surface area contributed by atoms with Crippen LogP contribution in [0.15, 0.2) is 65.4 Å². The van der Waals surface area contributed by atoms with E-state index in [1.165, 1.54) is 0 Å². The molecule has 0 aliphatic carbocycles. The van der Waals surface area contributed by atoms with Gasteiger partial charge in [-0.1, -0.05) is 24.3 Å². The van der Waals surface area contributed by atoms with Gasteiger partial charge >= 0.3 is 0 Å². The Hall–Kier alpha value is -1.94. The average Bonchev–Trinajstić information content (AvgIpc) is 2.83. The largest absolute Gasteiger partial charge is 0.255 e. The zero-order chi connectivity index (χ0) is 12.4. The van der Waals surface area contributed by atoms with E-state index in [9.17, 15) is 0 Å². The van der Waals surface area contributed by atoms with Gasteiger partial charge in [0, 0.05) is 12.4 Å². The second-order valence-electron chi connectivity index (χ2n) is 3.82. The van der Waals surface area contributed by atoms with Crippen LogP contribution in [0, 0.1) is 0 Å². The highest BCUT2D eigenvalue weighted by molar-refractivity contribution is 9.10. The fraction of sp³-hybridized carbons (Fsp3) is 0. The Morgan fingerprint density at radius 3 is 2.44 bits per heavy atom. The molecule has 0 saturated carbocycles. The second kappa shape index (κ2) is 4.74. The van der Waals surface area contributed by atoms with Crippen LogP contribution in [0.1, 0.15) is 0 Å². The van der Waals surface area contributed by atoms with Crippen LogP contribution < -0.4 is 0 Å². The summed E-state index contributed by atoms with van der Waals surface area (Å²) >= 11 is 3.53. The predicted molar refractivity (Wildman–Crippen MR) is 74.5 cm³/mol. The van der Waals surface area contributed by atoms with E-state index in [1.807, 2.05) is 59.4 Å². The van der Waals surface area contributed by atoms with Crippen LogP contribution in [-0.2, 0) is 0 Å². The van der Waals surface area contributed by atoms with Crippen LogP contribution in [0.3, 0.4) is 0 Å². The van der Waals surface area contributed by atoms with E-state index >= 15 is 0 Å². The summed E-state index contributed by atoms with van der Waals surface area (Å²) in [5.41, 5.74) is 2.74. The monoisotopic (exact) mass is 299 g/mol. The highest BCUT2D eigenvalue weighted by Crippen LogP contribution is 2.26. The molecule has 88 valence electrons. The van der Waals surface area contributed by atoms with Crippen LogP contribution >= 0.6 is 15.9 Å². The number of pyridine rings is 1. The molecule has 0 aliphatic heterocycles. The fourth-order valence-corrected chi connectivity index (χ4v) is 2.22. The van der Waals surface area contributed by atoms with E-state index in [4.69, 9.17) is 0 Å². The van der Waals surface area contributed by atoms with Crippen LogP contribution in [-0.4, -0.2) is 14.8 Å². The van der Waals surface area contributed by atoms with Crippen LogP contribution in [0.4, 0.5) is 0 Å². The third-order valence-electron chi connectivity index (χ3n) is 2.60. The maximum atomic E-state index is 4.56. The lowest BCUT2D eigenvalue weighted by molar-refractivity contribution is 0.882. The average molecular weight is 300 g/mol. The molecule has 0 saturated heterocycles. The van der Waals surface area contributed by atoms with E-state index in [0.29, 0.717) is 0 Å². The molecule has 1 aromatic carbocycles. The molecule has 0 fully saturated rings. The van der Waals surface area contributed by atoms with Gasteiger partial charge in [-0.3, -0.25) is 4.98 Å². The number of halogens is 1. The molecule has 0 bridgehead atoms. The first-order valence-corrected chi connectivity index (χ1v) is 6.36. The molecule has 0 unspecified atom stereocenters. The van der Waals surface area contributed by atoms with Gasteiger partial charge in [0.1, 0.15) is 5.69 Å². The Balaban J connectivity index is 2.07. The lowest BCUT2D eigenvalue weighted by Gasteiger charge is -1.99. The number of hydrogen-bond donors (Lipinski definition) is 0. The van der Waals surface area contributed by atoms with E-state index in [0.717, 1.165) is 21.5 Å². The van der Waals surface area contributed by atoms with Gasteiger partial charge in [-0.15, -0.1) is 0 Å². The molecule has 0 aliphatic rings. The van der Waals surface area contributed by atoms with Gasteiger partial charge in [0.15, 0.2) is 0 Å². The minimum atomic E-state index is 0.847. The Morgan fingerprint density at radius 1 is 0.944 bits per heavy atom. The summed E-state index contributed by atoms with van der Waals surface area (Å²) in [7, 11) is 0. The molecular formula is C14H10BrN3. The zero-order valence-corrected chi connectivity index (χ0v) is 11.1. The van der Waals surface area contributed by atoms with Crippen LogP contribution in [0.2, 0.25) is 0 Å². The summed E-state index contributed by atoms with van der Waals surface area (Å²) in [5.74, 6) is 0. The molecule has 0 atom stereocenters. The molecule has 2 aromatic heterocycles. The molecule has 0 spiro atoms. The summed E-state index contributed by atoms with van der Waals surface area (Å²) < 4.78 is 2.78. The first-order valence-electron chi connectivity index (χ1n) is 5.56. The lowest BCUT2D eigenvalue weighted by atomic mass is 10.3. The van der Waals surface area contributed by atoms with Crippen molar-refractivity contribution in [1.82, 2.24) is 14.8 Å². The van der Waals surface area contributed by atoms with Crippen molar-refractivity contribution in [2.45, 2.75) is 0 Å². The lowest BCUT2D eigenvalue weighted by Crippen LogP contribution is -1.94. The fourth-order valence-electron chi connectivity index (χ4n) is 1.74. The smallest absolute Gasteiger partial charge is 0.125 e. The molecule has 4 heteroatoms. The first-order chi connectivity index (χ1) is 8.84. The summed E-state index contributed by atoms with van der Waals surface area (Å²) in [6.07, 6.45) is 3.71. The van der Waals surface area contributed by atoms with Gasteiger partial charge in [0.05, 0.1) is 15.9 Å². The van der Waals surface area contributed by atoms with Gasteiger partial charge in [-0.2, -0.15) is 5.10 Å². The number of nitrogens with zero attached hydrogens (tertiary/aromatic N) is 3. The molecule has 3 aromatic rings. The van der Waals surface area contributed by atoms with Crippen molar-refractivity contribution in [2.75, 3.05) is 0 Å². The Bertz CT molecular complexity index is 647. The normalized spacial score (nSPS) is 10.5.